The van der Waals surface area contributed by atoms with Crippen molar-refractivity contribution in [2.45, 2.75) is 111 Å². The van der Waals surface area contributed by atoms with Gasteiger partial charge in [-0.3, -0.25) is 0 Å². The monoisotopic (exact) mass is 825 g/mol. The average Bonchev–Trinajstić information content (AvgIpc) is 3.73. The van der Waals surface area contributed by atoms with Crippen LogP contribution in [0.2, 0.25) is 0 Å². The molecule has 63 heavy (non-hydrogen) atoms. The molecule has 0 amide bonds. The molecule has 0 fully saturated rings. The first-order valence-electron chi connectivity index (χ1n) is 22.8. The van der Waals surface area contributed by atoms with Crippen LogP contribution in [0.25, 0.3) is 72.7 Å². The van der Waals surface area contributed by atoms with Crippen molar-refractivity contribution >= 4 is 11.0 Å². The Kier molecular flexibility index (Phi) is 8.11. The molecule has 0 aliphatic carbocycles. The lowest BCUT2D eigenvalue weighted by atomic mass is 9.80. The lowest BCUT2D eigenvalue weighted by Gasteiger charge is -2.33. The molecule has 3 aliphatic rings. The molecule has 0 bridgehead atoms. The molecule has 11 rings (SSSR count). The molecule has 3 aliphatic heterocycles. The van der Waals surface area contributed by atoms with Crippen molar-refractivity contribution in [1.29, 1.82) is 0 Å². The summed E-state index contributed by atoms with van der Waals surface area (Å²) in [6.07, 6.45) is 2.28. The fourth-order valence-corrected chi connectivity index (χ4v) is 10.4. The number of para-hydroxylation sites is 2. The van der Waals surface area contributed by atoms with Crippen LogP contribution in [0.4, 0.5) is 0 Å². The second-order valence-electron chi connectivity index (χ2n) is 22.4. The van der Waals surface area contributed by atoms with E-state index in [1.807, 2.05) is 0 Å². The third-order valence-corrected chi connectivity index (χ3v) is 14.0. The molecule has 0 saturated carbocycles. The molecule has 4 heteroatoms. The number of nitrogens with zero attached hydrogens (tertiary/aromatic N) is 3. The van der Waals surface area contributed by atoms with Gasteiger partial charge in [0.15, 0.2) is 17.2 Å². The minimum Gasteiger partial charge on any atom is -0.392 e. The second kappa shape index (κ2) is 12.9. The molecule has 0 radical (unpaired) electrons. The third-order valence-electron chi connectivity index (χ3n) is 14.0. The van der Waals surface area contributed by atoms with Crippen molar-refractivity contribution in [3.63, 3.8) is 0 Å². The third kappa shape index (κ3) is 5.72. The smallest absolute Gasteiger partial charge is 0.392 e. The number of hydrogen-bond acceptors (Lipinski definition) is 1. The van der Waals surface area contributed by atoms with E-state index in [0.717, 1.165) is 34.0 Å². The lowest BCUT2D eigenvalue weighted by Crippen LogP contribution is -2.78. The molecule has 1 spiro atoms. The maximum Gasteiger partial charge on any atom is 0.499 e. The number of pyridine rings is 1. The summed E-state index contributed by atoms with van der Waals surface area (Å²) in [5, 5.41) is 0. The summed E-state index contributed by atoms with van der Waals surface area (Å²) in [6.45, 7) is 27.6. The first-order valence-corrected chi connectivity index (χ1v) is 22.8. The number of fused-ring (bicyclic) bond motifs is 5. The zero-order valence-electron chi connectivity index (χ0n) is 39.0. The van der Waals surface area contributed by atoms with E-state index < -0.39 is 5.85 Å². The Morgan fingerprint density at radius 3 is 1.68 bits per heavy atom. The first kappa shape index (κ1) is 39.6. The number of benzene rings is 6. The summed E-state index contributed by atoms with van der Waals surface area (Å²) in [6, 6.07) is 50.7. The van der Waals surface area contributed by atoms with Crippen molar-refractivity contribution in [1.82, 2.24) is 4.57 Å². The highest BCUT2D eigenvalue weighted by Crippen LogP contribution is 2.54. The summed E-state index contributed by atoms with van der Waals surface area (Å²) in [7, 11) is 0. The molecule has 8 aromatic rings. The van der Waals surface area contributed by atoms with Crippen LogP contribution in [-0.4, -0.2) is 4.57 Å². The van der Waals surface area contributed by atoms with E-state index in [4.69, 9.17) is 4.74 Å². The Bertz CT molecular complexity index is 3210. The van der Waals surface area contributed by atoms with Gasteiger partial charge in [-0.25, -0.2) is 0 Å². The molecule has 5 heterocycles. The van der Waals surface area contributed by atoms with E-state index in [0.29, 0.717) is 0 Å². The minimum atomic E-state index is -1.02. The van der Waals surface area contributed by atoms with Crippen LogP contribution in [0.1, 0.15) is 111 Å². The molecule has 0 N–H and O–H groups in total. The van der Waals surface area contributed by atoms with Gasteiger partial charge in [-0.2, -0.15) is 4.57 Å². The summed E-state index contributed by atoms with van der Waals surface area (Å²) in [5.41, 5.74) is 20.6. The fourth-order valence-electron chi connectivity index (χ4n) is 10.4. The van der Waals surface area contributed by atoms with Crippen molar-refractivity contribution in [3.8, 4) is 67.5 Å². The second-order valence-corrected chi connectivity index (χ2v) is 22.4. The largest absolute Gasteiger partial charge is 0.499 e. The molecule has 0 saturated heterocycles. The van der Waals surface area contributed by atoms with Crippen LogP contribution >= 0.6 is 0 Å². The molecule has 314 valence electrons. The predicted molar refractivity (Wildman–Crippen MR) is 259 cm³/mol. The number of hydrogen-bond donors (Lipinski definition) is 0. The van der Waals surface area contributed by atoms with Crippen molar-refractivity contribution in [2.75, 3.05) is 0 Å². The van der Waals surface area contributed by atoms with Crippen molar-refractivity contribution in [2.24, 2.45) is 0 Å². The lowest BCUT2D eigenvalue weighted by molar-refractivity contribution is -0.997. The Morgan fingerprint density at radius 2 is 1.03 bits per heavy atom. The topological polar surface area (TPSA) is 21.9 Å². The van der Waals surface area contributed by atoms with E-state index in [1.54, 1.807) is 0 Å². The van der Waals surface area contributed by atoms with E-state index >= 15 is 0 Å². The zero-order chi connectivity index (χ0) is 44.2. The Morgan fingerprint density at radius 1 is 0.460 bits per heavy atom. The van der Waals surface area contributed by atoms with E-state index in [-0.39, 0.29) is 21.7 Å². The molecule has 4 nitrogen and oxygen atoms in total. The van der Waals surface area contributed by atoms with Gasteiger partial charge in [0.1, 0.15) is 22.6 Å². The summed E-state index contributed by atoms with van der Waals surface area (Å²) >= 11 is 0. The molecular formula is C59H59N3O+2. The molecule has 6 aromatic carbocycles. The van der Waals surface area contributed by atoms with Crippen LogP contribution in [0.5, 0.6) is 5.75 Å². The van der Waals surface area contributed by atoms with Gasteiger partial charge in [-0.1, -0.05) is 156 Å². The highest BCUT2D eigenvalue weighted by atomic mass is 16.5. The maximum atomic E-state index is 7.71. The number of aromatic nitrogens is 3. The van der Waals surface area contributed by atoms with Crippen molar-refractivity contribution < 1.29 is 13.9 Å². The van der Waals surface area contributed by atoms with Gasteiger partial charge in [-0.05, 0) is 109 Å². The van der Waals surface area contributed by atoms with Crippen LogP contribution < -0.4 is 13.9 Å². The summed E-state index contributed by atoms with van der Waals surface area (Å²) in [5.74, 6) is 0.951. The van der Waals surface area contributed by atoms with Gasteiger partial charge in [0.05, 0.1) is 5.56 Å². The Balaban J connectivity index is 1.25. The molecule has 2 aromatic heterocycles. The summed E-state index contributed by atoms with van der Waals surface area (Å²) in [4.78, 5) is 0. The van der Waals surface area contributed by atoms with Gasteiger partial charge < -0.3 is 4.74 Å². The molecular weight excluding hydrogens is 767 g/mol. The highest BCUT2D eigenvalue weighted by molar-refractivity contribution is 5.98. The van der Waals surface area contributed by atoms with Crippen LogP contribution in [0.15, 0.2) is 140 Å². The first-order chi connectivity index (χ1) is 29.7. The average molecular weight is 826 g/mol. The van der Waals surface area contributed by atoms with Crippen LogP contribution in [0, 0.1) is 0 Å². The predicted octanol–water partition coefficient (Wildman–Crippen LogP) is 14.0. The van der Waals surface area contributed by atoms with E-state index in [1.165, 1.54) is 72.3 Å². The number of ether oxygens (including phenoxy) is 1. The normalized spacial score (nSPS) is 16.1. The number of imidazole rings is 1. The van der Waals surface area contributed by atoms with Gasteiger partial charge in [-0.15, -0.1) is 9.13 Å². The van der Waals surface area contributed by atoms with Crippen LogP contribution in [0.3, 0.4) is 0 Å². The van der Waals surface area contributed by atoms with Gasteiger partial charge >= 0.3 is 11.7 Å². The number of rotatable bonds is 3. The van der Waals surface area contributed by atoms with Gasteiger partial charge in [0, 0.05) is 28.8 Å². The van der Waals surface area contributed by atoms with Gasteiger partial charge in [0.25, 0.3) is 0 Å². The minimum absolute atomic E-state index is 0.0351. The van der Waals surface area contributed by atoms with E-state index in [9.17, 15) is 0 Å². The Labute approximate surface area is 373 Å². The molecule has 1 unspecified atom stereocenters. The standard InChI is InChI=1S/C59H59N3O/c1-55(2,3)39-24-20-36(21-25-39)38-30-31-60-50(32-38)47-35-42(58(10,11)12)34-46-43-17-15-18-49-53(43)62-54(44-16-13-14-19-51(44)63-59(60,62)52(46)47)61(49)48-29-28-41(57(7,8)9)33-45(48)37-22-26-40(27-23-37)56(4,5)6/h13-35H,1-12H3/q+2. The van der Waals surface area contributed by atoms with Gasteiger partial charge in [0.2, 0.25) is 5.69 Å². The van der Waals surface area contributed by atoms with Crippen molar-refractivity contribution in [3.05, 3.63) is 167 Å². The maximum absolute atomic E-state index is 7.71. The SMILES string of the molecule is CC(C)(C)c1ccc(-c2cc[n+]3c(c2)-c2cc(C(C)(C)C)cc4c2C32Oc3ccccc3-c3n(-c5ccc(C(C)(C)C)cc5-c5ccc(C(C)(C)C)cc5)c5cccc-4c5[n+]32)cc1. The van der Waals surface area contributed by atoms with Crippen LogP contribution in [-0.2, 0) is 27.5 Å². The quantitative estimate of drug-likeness (QED) is 0.163. The fraction of sp³-hybridized carbons (Fsp3) is 0.288. The van der Waals surface area contributed by atoms with E-state index in [2.05, 4.69) is 236 Å². The highest BCUT2D eigenvalue weighted by Gasteiger charge is 2.68. The summed E-state index contributed by atoms with van der Waals surface area (Å²) < 4.78 is 15.2. The Hall–Kier alpha value is -6.26. The molecule has 1 atom stereocenters. The zero-order valence-corrected chi connectivity index (χ0v) is 39.0.